The second-order valence-electron chi connectivity index (χ2n) is 6.14. The summed E-state index contributed by atoms with van der Waals surface area (Å²) in [5, 5.41) is 3.59. The Morgan fingerprint density at radius 2 is 1.89 bits per heavy atom. The Morgan fingerprint density at radius 1 is 1.22 bits per heavy atom. The van der Waals surface area contributed by atoms with E-state index in [4.69, 9.17) is 4.74 Å². The van der Waals surface area contributed by atoms with Crippen LogP contribution in [0, 0.1) is 10.8 Å². The van der Waals surface area contributed by atoms with Crippen LogP contribution in [0.3, 0.4) is 0 Å². The molecule has 0 heterocycles. The maximum Gasteiger partial charge on any atom is 0.120 e. The lowest BCUT2D eigenvalue weighted by Crippen LogP contribution is -2.27. The highest BCUT2D eigenvalue weighted by Gasteiger charge is 2.64. The molecular weight excluding hydrogens is 290 g/mol. The van der Waals surface area contributed by atoms with Crippen LogP contribution in [0.15, 0.2) is 28.7 Å². The molecule has 0 amide bonds. The van der Waals surface area contributed by atoms with Crippen LogP contribution in [-0.4, -0.2) is 19.2 Å². The van der Waals surface area contributed by atoms with Crippen molar-refractivity contribution in [2.45, 2.75) is 33.7 Å². The predicted molar refractivity (Wildman–Crippen MR) is 79.0 cm³/mol. The topological polar surface area (TPSA) is 21.3 Å². The third-order valence-electron chi connectivity index (χ3n) is 4.54. The molecule has 1 aliphatic carbocycles. The quantitative estimate of drug-likeness (QED) is 0.834. The van der Waals surface area contributed by atoms with Crippen molar-refractivity contribution >= 4 is 15.9 Å². The molecule has 2 nitrogen and oxygen atoms in total. The zero-order chi connectivity index (χ0) is 13.4. The van der Waals surface area contributed by atoms with E-state index < -0.39 is 0 Å². The number of halogens is 1. The van der Waals surface area contributed by atoms with Crippen LogP contribution >= 0.6 is 15.9 Å². The van der Waals surface area contributed by atoms with E-state index in [0.717, 1.165) is 16.8 Å². The first-order valence-corrected chi connectivity index (χ1v) is 7.27. The van der Waals surface area contributed by atoms with E-state index in [-0.39, 0.29) is 0 Å². The molecule has 18 heavy (non-hydrogen) atoms. The van der Waals surface area contributed by atoms with Gasteiger partial charge in [0.15, 0.2) is 0 Å². The number of ether oxygens (including phenoxy) is 1. The third-order valence-corrected chi connectivity index (χ3v) is 5.03. The van der Waals surface area contributed by atoms with Gasteiger partial charge in [-0.1, -0.05) is 49.7 Å². The molecule has 1 aromatic rings. The summed E-state index contributed by atoms with van der Waals surface area (Å²) < 4.78 is 6.76. The third kappa shape index (κ3) is 2.57. The second kappa shape index (κ2) is 4.86. The highest BCUT2D eigenvalue weighted by Crippen LogP contribution is 2.62. The van der Waals surface area contributed by atoms with Crippen molar-refractivity contribution in [2.24, 2.45) is 10.8 Å². The molecule has 0 aromatic heterocycles. The van der Waals surface area contributed by atoms with E-state index in [1.165, 1.54) is 0 Å². The maximum atomic E-state index is 5.71. The van der Waals surface area contributed by atoms with Crippen molar-refractivity contribution in [1.29, 1.82) is 0 Å². The first-order valence-electron chi connectivity index (χ1n) is 6.47. The van der Waals surface area contributed by atoms with Crippen molar-refractivity contribution in [3.8, 4) is 5.75 Å². The highest BCUT2D eigenvalue weighted by molar-refractivity contribution is 9.10. The van der Waals surface area contributed by atoms with Gasteiger partial charge in [-0.2, -0.15) is 0 Å². The monoisotopic (exact) mass is 311 g/mol. The highest BCUT2D eigenvalue weighted by atomic mass is 79.9. The van der Waals surface area contributed by atoms with Gasteiger partial charge in [-0.05, 0) is 29.0 Å². The Balaban J connectivity index is 1.72. The van der Waals surface area contributed by atoms with Crippen molar-refractivity contribution in [2.75, 3.05) is 13.2 Å². The number of benzene rings is 1. The molecule has 0 aliphatic heterocycles. The Hall–Kier alpha value is -0.540. The molecular formula is C15H22BrNO. The molecule has 0 radical (unpaired) electrons. The molecule has 0 unspecified atom stereocenters. The summed E-state index contributed by atoms with van der Waals surface area (Å²) in [7, 11) is 0. The standard InChI is InChI=1S/C15H22BrNO/c1-14(2)13(15(14,3)4)17-8-9-18-12-7-5-6-11(16)10-12/h5-7,10,13,17H,8-9H2,1-4H3. The average Bonchev–Trinajstić information content (AvgIpc) is 2.66. The van der Waals surface area contributed by atoms with E-state index in [1.54, 1.807) is 0 Å². The maximum absolute atomic E-state index is 5.71. The summed E-state index contributed by atoms with van der Waals surface area (Å²) in [4.78, 5) is 0. The molecule has 1 saturated carbocycles. The van der Waals surface area contributed by atoms with Gasteiger partial charge in [0.2, 0.25) is 0 Å². The van der Waals surface area contributed by atoms with E-state index >= 15 is 0 Å². The Bertz CT molecular complexity index is 414. The minimum atomic E-state index is 0.392. The van der Waals surface area contributed by atoms with Crippen molar-refractivity contribution in [3.63, 3.8) is 0 Å². The smallest absolute Gasteiger partial charge is 0.120 e. The Labute approximate surface area is 118 Å². The van der Waals surface area contributed by atoms with E-state index in [2.05, 4.69) is 48.9 Å². The summed E-state index contributed by atoms with van der Waals surface area (Å²) in [5.74, 6) is 0.917. The van der Waals surface area contributed by atoms with Crippen LogP contribution in [0.25, 0.3) is 0 Å². The molecule has 100 valence electrons. The van der Waals surface area contributed by atoms with Crippen LogP contribution in [0.1, 0.15) is 27.7 Å². The molecule has 1 fully saturated rings. The van der Waals surface area contributed by atoms with Crippen LogP contribution in [0.4, 0.5) is 0 Å². The Kier molecular flexibility index (Phi) is 3.75. The van der Waals surface area contributed by atoms with Gasteiger partial charge in [-0.3, -0.25) is 0 Å². The van der Waals surface area contributed by atoms with Crippen LogP contribution in [0.5, 0.6) is 5.75 Å². The van der Waals surface area contributed by atoms with Crippen molar-refractivity contribution in [1.82, 2.24) is 5.32 Å². The van der Waals surface area contributed by atoms with Crippen molar-refractivity contribution < 1.29 is 4.74 Å². The summed E-state index contributed by atoms with van der Waals surface area (Å²) in [5.41, 5.74) is 0.783. The first kappa shape index (κ1) is 13.9. The van der Waals surface area contributed by atoms with Crippen molar-refractivity contribution in [3.05, 3.63) is 28.7 Å². The van der Waals surface area contributed by atoms with Crippen LogP contribution in [-0.2, 0) is 0 Å². The zero-order valence-corrected chi connectivity index (χ0v) is 13.2. The largest absolute Gasteiger partial charge is 0.492 e. The number of rotatable bonds is 5. The van der Waals surface area contributed by atoms with E-state index in [0.29, 0.717) is 23.5 Å². The molecule has 1 aromatic carbocycles. The second-order valence-corrected chi connectivity index (χ2v) is 7.05. The van der Waals surface area contributed by atoms with Crippen LogP contribution < -0.4 is 10.1 Å². The predicted octanol–water partition coefficient (Wildman–Crippen LogP) is 3.85. The van der Waals surface area contributed by atoms with Gasteiger partial charge in [-0.15, -0.1) is 0 Å². The van der Waals surface area contributed by atoms with Gasteiger partial charge in [0.25, 0.3) is 0 Å². The summed E-state index contributed by atoms with van der Waals surface area (Å²) in [6.45, 7) is 10.9. The minimum Gasteiger partial charge on any atom is -0.492 e. The number of hydrogen-bond acceptors (Lipinski definition) is 2. The summed E-state index contributed by atoms with van der Waals surface area (Å²) in [6.07, 6.45) is 0. The Morgan fingerprint density at radius 3 is 2.44 bits per heavy atom. The minimum absolute atomic E-state index is 0.392. The summed E-state index contributed by atoms with van der Waals surface area (Å²) >= 11 is 3.44. The van der Waals surface area contributed by atoms with Gasteiger partial charge >= 0.3 is 0 Å². The number of nitrogens with one attached hydrogen (secondary N) is 1. The molecule has 0 spiro atoms. The molecule has 2 rings (SSSR count). The lowest BCUT2D eigenvalue weighted by atomic mass is 10.0. The first-order chi connectivity index (χ1) is 8.35. The molecule has 0 saturated heterocycles. The van der Waals surface area contributed by atoms with Gasteiger partial charge in [-0.25, -0.2) is 0 Å². The average molecular weight is 312 g/mol. The fraction of sp³-hybridized carbons (Fsp3) is 0.600. The van der Waals surface area contributed by atoms with Crippen LogP contribution in [0.2, 0.25) is 0 Å². The normalized spacial score (nSPS) is 20.7. The number of hydrogen-bond donors (Lipinski definition) is 1. The lowest BCUT2D eigenvalue weighted by molar-refractivity contribution is 0.309. The summed E-state index contributed by atoms with van der Waals surface area (Å²) in [6, 6.07) is 8.55. The lowest BCUT2D eigenvalue weighted by Gasteiger charge is -2.09. The van der Waals surface area contributed by atoms with Gasteiger partial charge in [0, 0.05) is 17.1 Å². The SMILES string of the molecule is CC1(C)C(NCCOc2cccc(Br)c2)C1(C)C. The molecule has 0 bridgehead atoms. The van der Waals surface area contributed by atoms with E-state index in [1.807, 2.05) is 24.3 Å². The fourth-order valence-corrected chi connectivity index (χ4v) is 3.01. The molecule has 3 heteroatoms. The molecule has 0 atom stereocenters. The fourth-order valence-electron chi connectivity index (χ4n) is 2.64. The molecule has 1 N–H and O–H groups in total. The van der Waals surface area contributed by atoms with Gasteiger partial charge in [0.05, 0.1) is 0 Å². The molecule has 1 aliphatic rings. The van der Waals surface area contributed by atoms with E-state index in [9.17, 15) is 0 Å². The zero-order valence-electron chi connectivity index (χ0n) is 11.6. The van der Waals surface area contributed by atoms with Gasteiger partial charge in [0.1, 0.15) is 12.4 Å². The van der Waals surface area contributed by atoms with Gasteiger partial charge < -0.3 is 10.1 Å².